The molecule has 3 amide bonds. The fourth-order valence-corrected chi connectivity index (χ4v) is 4.21. The van der Waals surface area contributed by atoms with E-state index in [4.69, 9.17) is 9.97 Å². The second-order valence-corrected chi connectivity index (χ2v) is 7.18. The number of nitrogens with one attached hydrogen (secondary N) is 1. The predicted octanol–water partition coefficient (Wildman–Crippen LogP) is 2.68. The lowest BCUT2D eigenvalue weighted by atomic mass is 10.2. The highest BCUT2D eigenvalue weighted by atomic mass is 32.2. The lowest BCUT2D eigenvalue weighted by Gasteiger charge is -2.12. The number of aromatic nitrogens is 3. The second kappa shape index (κ2) is 6.24. The molecule has 134 valence electrons. The van der Waals surface area contributed by atoms with Crippen molar-refractivity contribution in [1.82, 2.24) is 24.6 Å². The van der Waals surface area contributed by atoms with Crippen LogP contribution in [0.1, 0.15) is 0 Å². The molecule has 1 fully saturated rings. The summed E-state index contributed by atoms with van der Waals surface area (Å²) in [4.78, 5) is 34.9. The van der Waals surface area contributed by atoms with Gasteiger partial charge in [0, 0.05) is 18.5 Å². The van der Waals surface area contributed by atoms with Crippen LogP contribution in [0.2, 0.25) is 0 Å². The zero-order chi connectivity index (χ0) is 18.4. The lowest BCUT2D eigenvalue weighted by molar-refractivity contribution is -0.124. The van der Waals surface area contributed by atoms with Gasteiger partial charge in [-0.2, -0.15) is 0 Å². The maximum Gasteiger partial charge on any atom is 0.324 e. The van der Waals surface area contributed by atoms with Crippen LogP contribution in [0.4, 0.5) is 4.79 Å². The van der Waals surface area contributed by atoms with Gasteiger partial charge in [-0.15, -0.1) is 0 Å². The standard InChI is InChI=1S/C19H15N5O2S/c25-16(23-10-9-20-18(23)26)11-27-19-22-13-6-2-1-5-12(13)17-21-14-7-3-4-8-15(14)24(17)19/h1-8H,9-11H2,(H,20,26). The summed E-state index contributed by atoms with van der Waals surface area (Å²) in [6, 6.07) is 15.4. The highest BCUT2D eigenvalue weighted by Crippen LogP contribution is 2.29. The Morgan fingerprint density at radius 3 is 2.67 bits per heavy atom. The summed E-state index contributed by atoms with van der Waals surface area (Å²) < 4.78 is 1.99. The number of nitrogens with zero attached hydrogens (tertiary/aromatic N) is 4. The van der Waals surface area contributed by atoms with Gasteiger partial charge in [-0.05, 0) is 24.3 Å². The topological polar surface area (TPSA) is 79.6 Å². The molecule has 1 N–H and O–H groups in total. The zero-order valence-corrected chi connectivity index (χ0v) is 15.1. The highest BCUT2D eigenvalue weighted by molar-refractivity contribution is 7.99. The molecule has 1 aliphatic rings. The predicted molar refractivity (Wildman–Crippen MR) is 104 cm³/mol. The number of hydrogen-bond acceptors (Lipinski definition) is 5. The van der Waals surface area contributed by atoms with Gasteiger partial charge in [-0.1, -0.05) is 36.0 Å². The Kier molecular flexibility index (Phi) is 3.71. The third-order valence-corrected chi connectivity index (χ3v) is 5.52. The van der Waals surface area contributed by atoms with Gasteiger partial charge in [-0.3, -0.25) is 14.1 Å². The van der Waals surface area contributed by atoms with E-state index in [9.17, 15) is 9.59 Å². The molecule has 4 aromatic rings. The molecular weight excluding hydrogens is 362 g/mol. The first-order chi connectivity index (χ1) is 13.2. The van der Waals surface area contributed by atoms with Gasteiger partial charge in [0.25, 0.3) is 0 Å². The van der Waals surface area contributed by atoms with Crippen LogP contribution in [0.25, 0.3) is 27.6 Å². The fraction of sp³-hybridized carbons (Fsp3) is 0.158. The zero-order valence-electron chi connectivity index (χ0n) is 14.3. The molecular formula is C19H15N5O2S. The average molecular weight is 377 g/mol. The van der Waals surface area contributed by atoms with E-state index in [-0.39, 0.29) is 17.7 Å². The van der Waals surface area contributed by atoms with Gasteiger partial charge in [0.2, 0.25) is 5.91 Å². The van der Waals surface area contributed by atoms with Crippen molar-refractivity contribution in [1.29, 1.82) is 0 Å². The molecule has 0 spiro atoms. The summed E-state index contributed by atoms with van der Waals surface area (Å²) >= 11 is 1.32. The number of amides is 3. The van der Waals surface area contributed by atoms with Crippen LogP contribution in [-0.4, -0.2) is 50.0 Å². The number of thioether (sulfide) groups is 1. The van der Waals surface area contributed by atoms with E-state index in [2.05, 4.69) is 5.32 Å². The summed E-state index contributed by atoms with van der Waals surface area (Å²) in [6.45, 7) is 0.909. The van der Waals surface area contributed by atoms with E-state index in [1.165, 1.54) is 16.7 Å². The van der Waals surface area contributed by atoms with E-state index in [0.29, 0.717) is 18.2 Å². The fourth-order valence-electron chi connectivity index (χ4n) is 3.32. The number of rotatable bonds is 3. The van der Waals surface area contributed by atoms with Crippen molar-refractivity contribution in [3.05, 3.63) is 48.5 Å². The van der Waals surface area contributed by atoms with Gasteiger partial charge in [0.05, 0.1) is 22.3 Å². The molecule has 0 radical (unpaired) electrons. The summed E-state index contributed by atoms with van der Waals surface area (Å²) in [5.41, 5.74) is 3.47. The molecule has 0 saturated carbocycles. The number of imide groups is 1. The Labute approximate surface area is 158 Å². The van der Waals surface area contributed by atoms with Crippen LogP contribution in [0.15, 0.2) is 53.7 Å². The molecule has 1 saturated heterocycles. The molecule has 0 aliphatic carbocycles. The van der Waals surface area contributed by atoms with E-state index < -0.39 is 0 Å². The summed E-state index contributed by atoms with van der Waals surface area (Å²) in [5.74, 6) is -0.0806. The first-order valence-corrected chi connectivity index (χ1v) is 9.58. The van der Waals surface area contributed by atoms with Crippen molar-refractivity contribution in [3.63, 3.8) is 0 Å². The Bertz CT molecular complexity index is 1220. The van der Waals surface area contributed by atoms with Gasteiger partial charge in [0.15, 0.2) is 5.16 Å². The van der Waals surface area contributed by atoms with Crippen molar-refractivity contribution in [2.24, 2.45) is 0 Å². The van der Waals surface area contributed by atoms with E-state index in [1.807, 2.05) is 52.9 Å². The van der Waals surface area contributed by atoms with Gasteiger partial charge >= 0.3 is 6.03 Å². The maximum atomic E-state index is 12.4. The van der Waals surface area contributed by atoms with Crippen molar-refractivity contribution >= 4 is 51.3 Å². The summed E-state index contributed by atoms with van der Waals surface area (Å²) in [5, 5.41) is 4.30. The number of benzene rings is 2. The summed E-state index contributed by atoms with van der Waals surface area (Å²) in [7, 11) is 0. The third-order valence-electron chi connectivity index (χ3n) is 4.60. The number of carbonyl (C=O) groups is 2. The molecule has 2 aromatic carbocycles. The Hall–Kier alpha value is -3.13. The van der Waals surface area contributed by atoms with Crippen LogP contribution in [-0.2, 0) is 4.79 Å². The number of imidazole rings is 1. The van der Waals surface area contributed by atoms with Gasteiger partial charge in [0.1, 0.15) is 5.65 Å². The number of hydrogen-bond donors (Lipinski definition) is 1. The van der Waals surface area contributed by atoms with Crippen molar-refractivity contribution in [2.75, 3.05) is 18.8 Å². The molecule has 8 heteroatoms. The minimum atomic E-state index is -0.328. The molecule has 7 nitrogen and oxygen atoms in total. The molecule has 5 rings (SSSR count). The quantitative estimate of drug-likeness (QED) is 0.439. The first kappa shape index (κ1) is 16.1. The van der Waals surface area contributed by atoms with Crippen LogP contribution >= 0.6 is 11.8 Å². The first-order valence-electron chi connectivity index (χ1n) is 8.59. The number of urea groups is 1. The molecule has 1 aliphatic heterocycles. The number of para-hydroxylation sites is 3. The highest BCUT2D eigenvalue weighted by Gasteiger charge is 2.26. The van der Waals surface area contributed by atoms with Crippen LogP contribution in [0.5, 0.6) is 0 Å². The van der Waals surface area contributed by atoms with Crippen molar-refractivity contribution in [3.8, 4) is 0 Å². The Morgan fingerprint density at radius 2 is 1.85 bits per heavy atom. The lowest BCUT2D eigenvalue weighted by Crippen LogP contribution is -2.35. The van der Waals surface area contributed by atoms with E-state index in [0.717, 1.165) is 27.6 Å². The maximum absolute atomic E-state index is 12.4. The largest absolute Gasteiger partial charge is 0.336 e. The Balaban J connectivity index is 1.61. The third kappa shape index (κ3) is 2.60. The minimum Gasteiger partial charge on any atom is -0.336 e. The smallest absolute Gasteiger partial charge is 0.324 e. The molecule has 0 unspecified atom stereocenters. The van der Waals surface area contributed by atoms with Gasteiger partial charge < -0.3 is 5.32 Å². The minimum absolute atomic E-state index is 0.139. The van der Waals surface area contributed by atoms with Gasteiger partial charge in [-0.25, -0.2) is 14.8 Å². The molecule has 2 aromatic heterocycles. The molecule has 0 atom stereocenters. The van der Waals surface area contributed by atoms with E-state index in [1.54, 1.807) is 0 Å². The second-order valence-electron chi connectivity index (χ2n) is 6.24. The monoisotopic (exact) mass is 377 g/mol. The van der Waals surface area contributed by atoms with Crippen molar-refractivity contribution < 1.29 is 9.59 Å². The number of fused-ring (bicyclic) bond motifs is 5. The normalized spacial score (nSPS) is 14.4. The summed E-state index contributed by atoms with van der Waals surface area (Å²) in [6.07, 6.45) is 0. The van der Waals surface area contributed by atoms with Crippen LogP contribution < -0.4 is 5.32 Å². The molecule has 3 heterocycles. The Morgan fingerprint density at radius 1 is 1.07 bits per heavy atom. The van der Waals surface area contributed by atoms with Crippen LogP contribution in [0.3, 0.4) is 0 Å². The van der Waals surface area contributed by atoms with Crippen LogP contribution in [0, 0.1) is 0 Å². The van der Waals surface area contributed by atoms with Crippen molar-refractivity contribution in [2.45, 2.75) is 5.16 Å². The number of carbonyl (C=O) groups excluding carboxylic acids is 2. The van der Waals surface area contributed by atoms with E-state index >= 15 is 0 Å². The molecule has 0 bridgehead atoms. The average Bonchev–Trinajstić information content (AvgIpc) is 3.29. The SMILES string of the molecule is O=C(CSc1nc2ccccc2c2nc3ccccc3n12)N1CCNC1=O. The molecule has 27 heavy (non-hydrogen) atoms.